The van der Waals surface area contributed by atoms with Gasteiger partial charge in [-0.15, -0.1) is 0 Å². The van der Waals surface area contributed by atoms with Crippen LogP contribution in [0.5, 0.6) is 17.2 Å². The number of methoxy groups -OCH3 is 2. The van der Waals surface area contributed by atoms with Gasteiger partial charge >= 0.3 is 0 Å². The molecule has 2 rings (SSSR count). The van der Waals surface area contributed by atoms with Gasteiger partial charge in [0, 0.05) is 35.5 Å². The van der Waals surface area contributed by atoms with Crippen molar-refractivity contribution in [2.45, 2.75) is 0 Å². The van der Waals surface area contributed by atoms with E-state index in [1.807, 2.05) is 0 Å². The molecule has 2 aromatic carbocycles. The first-order chi connectivity index (χ1) is 11.0. The second-order valence-electron chi connectivity index (χ2n) is 4.49. The Morgan fingerprint density at radius 2 is 1.78 bits per heavy atom. The highest BCUT2D eigenvalue weighted by atomic mass is 16.6. The number of nitro benzene ring substituents is 1. The van der Waals surface area contributed by atoms with Crippen LogP contribution in [0.1, 0.15) is 10.4 Å². The van der Waals surface area contributed by atoms with Crippen LogP contribution >= 0.6 is 0 Å². The van der Waals surface area contributed by atoms with Crippen molar-refractivity contribution < 1.29 is 24.3 Å². The van der Waals surface area contributed by atoms with E-state index < -0.39 is 10.8 Å². The second kappa shape index (κ2) is 6.65. The lowest BCUT2D eigenvalue weighted by molar-refractivity contribution is -0.384. The summed E-state index contributed by atoms with van der Waals surface area (Å²) in [6.45, 7) is 0. The Morgan fingerprint density at radius 1 is 1.17 bits per heavy atom. The molecule has 0 aliphatic heterocycles. The monoisotopic (exact) mass is 318 g/mol. The molecule has 8 nitrogen and oxygen atoms in total. The van der Waals surface area contributed by atoms with E-state index in [4.69, 9.17) is 9.47 Å². The highest BCUT2D eigenvalue weighted by Crippen LogP contribution is 2.39. The summed E-state index contributed by atoms with van der Waals surface area (Å²) in [6.07, 6.45) is 0. The number of carbonyl (C=O) groups is 1. The molecule has 0 aliphatic carbocycles. The molecule has 23 heavy (non-hydrogen) atoms. The maximum Gasteiger partial charge on any atom is 0.270 e. The van der Waals surface area contributed by atoms with Crippen molar-refractivity contribution in [2.24, 2.45) is 0 Å². The summed E-state index contributed by atoms with van der Waals surface area (Å²) in [5.74, 6) is -0.482. The number of aromatic hydroxyl groups is 1. The first kappa shape index (κ1) is 16.1. The third kappa shape index (κ3) is 3.49. The number of hydrogen-bond donors (Lipinski definition) is 2. The van der Waals surface area contributed by atoms with Gasteiger partial charge in [0.05, 0.1) is 19.1 Å². The number of non-ortho nitro benzene ring substituents is 1. The van der Waals surface area contributed by atoms with Crippen LogP contribution < -0.4 is 14.8 Å². The highest BCUT2D eigenvalue weighted by molar-refractivity contribution is 6.04. The molecule has 0 atom stereocenters. The van der Waals surface area contributed by atoms with Crippen LogP contribution in [0.25, 0.3) is 0 Å². The molecule has 1 amide bonds. The van der Waals surface area contributed by atoms with Crippen LogP contribution in [-0.4, -0.2) is 30.2 Å². The summed E-state index contributed by atoms with van der Waals surface area (Å²) in [5, 5.41) is 23.1. The molecule has 8 heteroatoms. The number of carbonyl (C=O) groups excluding carboxylic acids is 1. The first-order valence-electron chi connectivity index (χ1n) is 6.47. The molecule has 0 fully saturated rings. The Hall–Kier alpha value is -3.29. The number of anilines is 1. The standard InChI is InChI=1S/C15H14N2O6/c1-22-12-7-10(8-13(23-2)14(12)18)16-15(19)9-4-3-5-11(6-9)17(20)21/h3-8,18H,1-2H3,(H,16,19). The Labute approximate surface area is 131 Å². The summed E-state index contributed by atoms with van der Waals surface area (Å²) < 4.78 is 9.99. The number of phenolic OH excluding ortho intramolecular Hbond substituents is 1. The summed E-state index contributed by atoms with van der Waals surface area (Å²) in [7, 11) is 2.72. The van der Waals surface area contributed by atoms with Gasteiger partial charge < -0.3 is 19.9 Å². The van der Waals surface area contributed by atoms with Crippen molar-refractivity contribution in [1.82, 2.24) is 0 Å². The van der Waals surface area contributed by atoms with E-state index in [0.29, 0.717) is 5.69 Å². The van der Waals surface area contributed by atoms with Crippen molar-refractivity contribution >= 4 is 17.3 Å². The summed E-state index contributed by atoms with van der Waals surface area (Å²) >= 11 is 0. The molecule has 0 spiro atoms. The molecule has 0 aliphatic rings. The lowest BCUT2D eigenvalue weighted by Crippen LogP contribution is -2.12. The van der Waals surface area contributed by atoms with Gasteiger partial charge in [-0.2, -0.15) is 0 Å². The fourth-order valence-corrected chi connectivity index (χ4v) is 1.93. The number of hydrogen-bond acceptors (Lipinski definition) is 6. The zero-order valence-corrected chi connectivity index (χ0v) is 12.4. The average molecular weight is 318 g/mol. The van der Waals surface area contributed by atoms with E-state index in [9.17, 15) is 20.0 Å². The quantitative estimate of drug-likeness (QED) is 0.498. The SMILES string of the molecule is COc1cc(NC(=O)c2cccc([N+](=O)[O-])c2)cc(OC)c1O. The number of ether oxygens (including phenoxy) is 2. The van der Waals surface area contributed by atoms with Crippen molar-refractivity contribution in [3.8, 4) is 17.2 Å². The van der Waals surface area contributed by atoms with Gasteiger partial charge in [0.1, 0.15) is 0 Å². The summed E-state index contributed by atoms with van der Waals surface area (Å²) in [4.78, 5) is 22.4. The molecule has 0 saturated carbocycles. The third-order valence-electron chi connectivity index (χ3n) is 3.06. The summed E-state index contributed by atoms with van der Waals surface area (Å²) in [6, 6.07) is 8.16. The topological polar surface area (TPSA) is 111 Å². The maximum atomic E-state index is 12.2. The Balaban J connectivity index is 2.30. The van der Waals surface area contributed by atoms with E-state index in [1.165, 1.54) is 50.6 Å². The fourth-order valence-electron chi connectivity index (χ4n) is 1.93. The first-order valence-corrected chi connectivity index (χ1v) is 6.47. The molecule has 0 unspecified atom stereocenters. The van der Waals surface area contributed by atoms with E-state index in [1.54, 1.807) is 0 Å². The lowest BCUT2D eigenvalue weighted by atomic mass is 10.2. The minimum atomic E-state index is -0.580. The molecular formula is C15H14N2O6. The van der Waals surface area contributed by atoms with Gasteiger partial charge in [-0.1, -0.05) is 6.07 Å². The fraction of sp³-hybridized carbons (Fsp3) is 0.133. The normalized spacial score (nSPS) is 10.0. The smallest absolute Gasteiger partial charge is 0.270 e. The molecule has 0 heterocycles. The molecular weight excluding hydrogens is 304 g/mol. The van der Waals surface area contributed by atoms with Gasteiger partial charge in [0.15, 0.2) is 11.5 Å². The largest absolute Gasteiger partial charge is 0.502 e. The minimum Gasteiger partial charge on any atom is -0.502 e. The van der Waals surface area contributed by atoms with Crippen molar-refractivity contribution in [1.29, 1.82) is 0 Å². The van der Waals surface area contributed by atoms with Crippen molar-refractivity contribution in [3.63, 3.8) is 0 Å². The molecule has 0 aromatic heterocycles. The van der Waals surface area contributed by atoms with Crippen molar-refractivity contribution in [3.05, 3.63) is 52.1 Å². The summed E-state index contributed by atoms with van der Waals surface area (Å²) in [5.41, 5.74) is 0.261. The molecule has 2 aromatic rings. The number of amides is 1. The van der Waals surface area contributed by atoms with Crippen LogP contribution in [-0.2, 0) is 0 Å². The minimum absolute atomic E-state index is 0.124. The van der Waals surface area contributed by atoms with Crippen LogP contribution in [0, 0.1) is 10.1 Å². The van der Waals surface area contributed by atoms with E-state index >= 15 is 0 Å². The molecule has 2 N–H and O–H groups in total. The average Bonchev–Trinajstić information content (AvgIpc) is 2.56. The van der Waals surface area contributed by atoms with Gasteiger partial charge in [0.2, 0.25) is 5.75 Å². The van der Waals surface area contributed by atoms with Crippen LogP contribution in [0.3, 0.4) is 0 Å². The molecule has 0 bridgehead atoms. The predicted octanol–water partition coefficient (Wildman–Crippen LogP) is 2.57. The van der Waals surface area contributed by atoms with Gasteiger partial charge in [0.25, 0.3) is 11.6 Å². The van der Waals surface area contributed by atoms with Crippen molar-refractivity contribution in [2.75, 3.05) is 19.5 Å². The number of rotatable bonds is 5. The van der Waals surface area contributed by atoms with E-state index in [-0.39, 0.29) is 28.5 Å². The zero-order valence-electron chi connectivity index (χ0n) is 12.4. The Morgan fingerprint density at radius 3 is 2.30 bits per heavy atom. The predicted molar refractivity (Wildman–Crippen MR) is 82.3 cm³/mol. The van der Waals surface area contributed by atoms with Gasteiger partial charge in [-0.05, 0) is 6.07 Å². The second-order valence-corrected chi connectivity index (χ2v) is 4.49. The Bertz CT molecular complexity index is 734. The zero-order chi connectivity index (χ0) is 17.0. The van der Waals surface area contributed by atoms with Crippen LogP contribution in [0.15, 0.2) is 36.4 Å². The number of nitro groups is 1. The number of nitrogens with one attached hydrogen (secondary N) is 1. The molecule has 120 valence electrons. The van der Waals surface area contributed by atoms with E-state index in [0.717, 1.165) is 0 Å². The number of benzene rings is 2. The van der Waals surface area contributed by atoms with Gasteiger partial charge in [-0.25, -0.2) is 0 Å². The third-order valence-corrected chi connectivity index (χ3v) is 3.06. The van der Waals surface area contributed by atoms with Crippen LogP contribution in [0.2, 0.25) is 0 Å². The maximum absolute atomic E-state index is 12.2. The number of nitrogens with zero attached hydrogens (tertiary/aromatic N) is 1. The van der Waals surface area contributed by atoms with Crippen LogP contribution in [0.4, 0.5) is 11.4 Å². The highest BCUT2D eigenvalue weighted by Gasteiger charge is 2.15. The lowest BCUT2D eigenvalue weighted by Gasteiger charge is -2.12. The molecule has 0 radical (unpaired) electrons. The number of phenols is 1. The van der Waals surface area contributed by atoms with Gasteiger partial charge in [-0.3, -0.25) is 14.9 Å². The molecule has 0 saturated heterocycles. The van der Waals surface area contributed by atoms with E-state index in [2.05, 4.69) is 5.32 Å². The Kier molecular flexibility index (Phi) is 4.65.